The molecule has 0 amide bonds. The van der Waals surface area contributed by atoms with Crippen molar-refractivity contribution in [2.24, 2.45) is 0 Å². The average Bonchev–Trinajstić information content (AvgIpc) is 2.71. The second-order valence-corrected chi connectivity index (χ2v) is 8.17. The predicted molar refractivity (Wildman–Crippen MR) is 117 cm³/mol. The predicted octanol–water partition coefficient (Wildman–Crippen LogP) is 5.41. The van der Waals surface area contributed by atoms with Crippen LogP contribution in [0.3, 0.4) is 0 Å². The van der Waals surface area contributed by atoms with Crippen molar-refractivity contribution in [2.75, 3.05) is 0 Å². The van der Waals surface area contributed by atoms with Gasteiger partial charge in [-0.3, -0.25) is 0 Å². The monoisotopic (exact) mass is 418 g/mol. The van der Waals surface area contributed by atoms with Crippen molar-refractivity contribution in [1.29, 1.82) is 0 Å². The lowest BCUT2D eigenvalue weighted by Gasteiger charge is -2.27. The van der Waals surface area contributed by atoms with Crippen LogP contribution in [0.4, 0.5) is 0 Å². The van der Waals surface area contributed by atoms with Gasteiger partial charge < -0.3 is 15.3 Å². The molecule has 0 bridgehead atoms. The lowest BCUT2D eigenvalue weighted by Crippen LogP contribution is -2.16. The van der Waals surface area contributed by atoms with Gasteiger partial charge in [-0.2, -0.15) is 0 Å². The van der Waals surface area contributed by atoms with E-state index in [0.29, 0.717) is 16.7 Å². The number of carboxylic acid groups (broad SMARTS) is 3. The third-order valence-electron chi connectivity index (χ3n) is 5.10. The maximum Gasteiger partial charge on any atom is 0.336 e. The molecule has 0 atom stereocenters. The minimum atomic E-state index is -1.23. The van der Waals surface area contributed by atoms with Gasteiger partial charge in [-0.15, -0.1) is 0 Å². The fourth-order valence-corrected chi connectivity index (χ4v) is 3.74. The van der Waals surface area contributed by atoms with Crippen LogP contribution in [0, 0.1) is 0 Å². The molecule has 0 radical (unpaired) electrons. The molecule has 31 heavy (non-hydrogen) atoms. The van der Waals surface area contributed by atoms with E-state index >= 15 is 0 Å². The number of aromatic carboxylic acids is 3. The minimum absolute atomic E-state index is 0.00425. The summed E-state index contributed by atoms with van der Waals surface area (Å²) in [5, 5.41) is 29.5. The summed E-state index contributed by atoms with van der Waals surface area (Å²) < 4.78 is 0. The Morgan fingerprint density at radius 3 is 1.42 bits per heavy atom. The smallest absolute Gasteiger partial charge is 0.336 e. The first-order valence-electron chi connectivity index (χ1n) is 9.60. The van der Waals surface area contributed by atoms with Crippen molar-refractivity contribution in [3.63, 3.8) is 0 Å². The van der Waals surface area contributed by atoms with Crippen molar-refractivity contribution >= 4 is 17.9 Å². The van der Waals surface area contributed by atoms with Crippen molar-refractivity contribution in [2.45, 2.75) is 26.2 Å². The van der Waals surface area contributed by atoms with Crippen LogP contribution >= 0.6 is 0 Å². The van der Waals surface area contributed by atoms with Crippen molar-refractivity contribution in [3.05, 3.63) is 82.9 Å². The Morgan fingerprint density at radius 2 is 1.00 bits per heavy atom. The van der Waals surface area contributed by atoms with Crippen molar-refractivity contribution in [3.8, 4) is 22.3 Å². The van der Waals surface area contributed by atoms with E-state index in [2.05, 4.69) is 0 Å². The summed E-state index contributed by atoms with van der Waals surface area (Å²) in [5.74, 6) is -3.59. The number of hydrogen-bond acceptors (Lipinski definition) is 3. The molecule has 6 nitrogen and oxygen atoms in total. The molecule has 3 aromatic carbocycles. The molecule has 3 N–H and O–H groups in total. The highest BCUT2D eigenvalue weighted by atomic mass is 16.4. The van der Waals surface area contributed by atoms with Crippen LogP contribution in [0.1, 0.15) is 57.4 Å². The second kappa shape index (κ2) is 8.07. The molecule has 0 spiro atoms. The minimum Gasteiger partial charge on any atom is -0.478 e. The number of carboxylic acids is 3. The zero-order chi connectivity index (χ0) is 22.9. The summed E-state index contributed by atoms with van der Waals surface area (Å²) in [4.78, 5) is 36.1. The van der Waals surface area contributed by atoms with Gasteiger partial charge in [0.25, 0.3) is 0 Å². The quantitative estimate of drug-likeness (QED) is 0.511. The molecule has 0 aromatic heterocycles. The van der Waals surface area contributed by atoms with E-state index < -0.39 is 23.3 Å². The van der Waals surface area contributed by atoms with Gasteiger partial charge in [0.2, 0.25) is 0 Å². The number of carbonyl (C=O) groups is 3. The summed E-state index contributed by atoms with van der Waals surface area (Å²) in [7, 11) is 0. The summed E-state index contributed by atoms with van der Waals surface area (Å²) in [5.41, 5.74) is 1.20. The van der Waals surface area contributed by atoms with Crippen molar-refractivity contribution < 1.29 is 29.7 Å². The first kappa shape index (κ1) is 21.8. The van der Waals surface area contributed by atoms with Crippen LogP contribution in [0.25, 0.3) is 22.3 Å². The fraction of sp³-hybridized carbons (Fsp3) is 0.160. The molecule has 3 aromatic rings. The Balaban J connectivity index is 2.62. The summed E-state index contributed by atoms with van der Waals surface area (Å²) >= 11 is 0. The van der Waals surface area contributed by atoms with E-state index in [-0.39, 0.29) is 27.8 Å². The van der Waals surface area contributed by atoms with Gasteiger partial charge in [0.15, 0.2) is 0 Å². The van der Waals surface area contributed by atoms with Gasteiger partial charge >= 0.3 is 17.9 Å². The highest BCUT2D eigenvalue weighted by molar-refractivity contribution is 6.09. The zero-order valence-corrected chi connectivity index (χ0v) is 17.3. The molecular weight excluding hydrogens is 396 g/mol. The van der Waals surface area contributed by atoms with Crippen LogP contribution in [0.2, 0.25) is 0 Å². The molecule has 0 fully saturated rings. The normalized spacial score (nSPS) is 11.2. The third-order valence-corrected chi connectivity index (χ3v) is 5.10. The van der Waals surface area contributed by atoms with Crippen LogP contribution < -0.4 is 0 Å². The lowest BCUT2D eigenvalue weighted by atomic mass is 9.76. The molecule has 0 aliphatic carbocycles. The standard InChI is InChI=1S/C25H22O6/c1-25(2,3)19-13-12-18(24(30)31)20(14-8-4-6-10-16(14)22(26)27)21(19)15-9-5-7-11-17(15)23(28)29/h4-13H,1-3H3,(H,26,27)(H,28,29)(H,30,31). The molecule has 0 unspecified atom stereocenters. The molecule has 158 valence electrons. The first-order valence-corrected chi connectivity index (χ1v) is 9.60. The summed E-state index contributed by atoms with van der Waals surface area (Å²) in [6.07, 6.45) is 0. The lowest BCUT2D eigenvalue weighted by molar-refractivity contribution is 0.0684. The molecule has 0 saturated heterocycles. The van der Waals surface area contributed by atoms with E-state index in [9.17, 15) is 29.7 Å². The topological polar surface area (TPSA) is 112 Å². The average molecular weight is 418 g/mol. The molecule has 0 aliphatic heterocycles. The van der Waals surface area contributed by atoms with Gasteiger partial charge in [0, 0.05) is 5.56 Å². The Morgan fingerprint density at radius 1 is 0.581 bits per heavy atom. The molecule has 0 aliphatic rings. The fourth-order valence-electron chi connectivity index (χ4n) is 3.74. The summed E-state index contributed by atoms with van der Waals surface area (Å²) in [6, 6.07) is 15.6. The molecule has 0 heterocycles. The number of hydrogen-bond donors (Lipinski definition) is 3. The largest absolute Gasteiger partial charge is 0.478 e. The van der Waals surface area contributed by atoms with Gasteiger partial charge in [-0.05, 0) is 45.9 Å². The van der Waals surface area contributed by atoms with E-state index in [1.807, 2.05) is 20.8 Å². The Labute approximate surface area is 179 Å². The zero-order valence-electron chi connectivity index (χ0n) is 17.3. The van der Waals surface area contributed by atoms with Crippen molar-refractivity contribution in [1.82, 2.24) is 0 Å². The van der Waals surface area contributed by atoms with E-state index in [0.717, 1.165) is 0 Å². The van der Waals surface area contributed by atoms with Gasteiger partial charge in [-0.1, -0.05) is 63.2 Å². The second-order valence-electron chi connectivity index (χ2n) is 8.17. The van der Waals surface area contributed by atoms with Crippen LogP contribution in [-0.4, -0.2) is 33.2 Å². The van der Waals surface area contributed by atoms with Gasteiger partial charge in [0.05, 0.1) is 16.7 Å². The first-order chi connectivity index (χ1) is 14.5. The molecule has 0 saturated carbocycles. The molecule has 3 rings (SSSR count). The van der Waals surface area contributed by atoms with Crippen LogP contribution in [0.15, 0.2) is 60.7 Å². The van der Waals surface area contributed by atoms with Gasteiger partial charge in [-0.25, -0.2) is 14.4 Å². The maximum atomic E-state index is 12.2. The SMILES string of the molecule is CC(C)(C)c1ccc(C(=O)O)c(-c2ccccc2C(=O)O)c1-c1ccccc1C(=O)O. The third kappa shape index (κ3) is 4.05. The Kier molecular flexibility index (Phi) is 5.66. The number of benzene rings is 3. The Bertz CT molecular complexity index is 1200. The van der Waals surface area contributed by atoms with E-state index in [1.54, 1.807) is 42.5 Å². The highest BCUT2D eigenvalue weighted by Gasteiger charge is 2.29. The highest BCUT2D eigenvalue weighted by Crippen LogP contribution is 2.44. The number of rotatable bonds is 5. The van der Waals surface area contributed by atoms with Crippen LogP contribution in [-0.2, 0) is 5.41 Å². The van der Waals surface area contributed by atoms with E-state index in [1.165, 1.54) is 18.2 Å². The summed E-state index contributed by atoms with van der Waals surface area (Å²) in [6.45, 7) is 5.80. The van der Waals surface area contributed by atoms with E-state index in [4.69, 9.17) is 0 Å². The van der Waals surface area contributed by atoms with Gasteiger partial charge in [0.1, 0.15) is 0 Å². The molecule has 6 heteroatoms. The Hall–Kier alpha value is -3.93. The molecular formula is C25H22O6. The maximum absolute atomic E-state index is 12.2. The van der Waals surface area contributed by atoms with Crippen LogP contribution in [0.5, 0.6) is 0 Å².